The van der Waals surface area contributed by atoms with Crippen molar-refractivity contribution in [2.75, 3.05) is 0 Å². The molecule has 1 aromatic carbocycles. The van der Waals surface area contributed by atoms with Crippen LogP contribution in [0.25, 0.3) is 16.9 Å². The van der Waals surface area contributed by atoms with Gasteiger partial charge >= 0.3 is 0 Å². The molecule has 0 aliphatic heterocycles. The summed E-state index contributed by atoms with van der Waals surface area (Å²) >= 11 is 11.7. The molecule has 102 valence electrons. The number of pyridine rings is 1. The van der Waals surface area contributed by atoms with E-state index < -0.39 is 11.6 Å². The second-order valence-electron chi connectivity index (χ2n) is 4.12. The average Bonchev–Trinajstić information content (AvgIpc) is 2.74. The Bertz CT molecular complexity index is 781. The summed E-state index contributed by atoms with van der Waals surface area (Å²) in [5, 5.41) is 0.425. The van der Waals surface area contributed by atoms with Crippen LogP contribution in [0.1, 0.15) is 5.82 Å². The number of alkyl halides is 1. The van der Waals surface area contributed by atoms with Crippen molar-refractivity contribution in [2.24, 2.45) is 0 Å². The number of imidazole rings is 1. The Kier molecular flexibility index (Phi) is 3.31. The molecule has 0 atom stereocenters. The van der Waals surface area contributed by atoms with Crippen LogP contribution in [0.2, 0.25) is 5.02 Å². The van der Waals surface area contributed by atoms with Crippen molar-refractivity contribution in [3.05, 3.63) is 52.9 Å². The smallest absolute Gasteiger partial charge is 0.164 e. The van der Waals surface area contributed by atoms with Gasteiger partial charge in [0.25, 0.3) is 0 Å². The second kappa shape index (κ2) is 5.00. The van der Waals surface area contributed by atoms with Crippen molar-refractivity contribution >= 4 is 34.4 Å². The molecule has 0 aliphatic carbocycles. The number of hydrogen-bond donors (Lipinski definition) is 0. The topological polar surface area (TPSA) is 30.7 Å². The van der Waals surface area contributed by atoms with Gasteiger partial charge in [-0.1, -0.05) is 11.6 Å². The number of hydrogen-bond acceptors (Lipinski definition) is 2. The maximum absolute atomic E-state index is 13.4. The molecule has 2 heterocycles. The minimum Gasteiger partial charge on any atom is -0.279 e. The Morgan fingerprint density at radius 1 is 1.10 bits per heavy atom. The maximum atomic E-state index is 13.4. The first-order chi connectivity index (χ1) is 9.58. The van der Waals surface area contributed by atoms with E-state index in [2.05, 4.69) is 9.97 Å². The molecule has 0 aliphatic rings. The fraction of sp³-hybridized carbons (Fsp3) is 0.0769. The lowest BCUT2D eigenvalue weighted by molar-refractivity contribution is 0.581. The first-order valence-corrected chi connectivity index (χ1v) is 6.55. The van der Waals surface area contributed by atoms with Crippen molar-refractivity contribution < 1.29 is 8.78 Å². The van der Waals surface area contributed by atoms with E-state index >= 15 is 0 Å². The van der Waals surface area contributed by atoms with Crippen LogP contribution in [0.3, 0.4) is 0 Å². The van der Waals surface area contributed by atoms with Crippen LogP contribution in [0.4, 0.5) is 8.78 Å². The molecule has 0 unspecified atom stereocenters. The van der Waals surface area contributed by atoms with Gasteiger partial charge in [-0.15, -0.1) is 11.6 Å². The summed E-state index contributed by atoms with van der Waals surface area (Å²) in [4.78, 5) is 8.42. The number of halogens is 4. The van der Waals surface area contributed by atoms with Crippen molar-refractivity contribution in [2.45, 2.75) is 5.88 Å². The lowest BCUT2D eigenvalue weighted by atomic mass is 10.3. The molecule has 0 saturated heterocycles. The number of nitrogens with zero attached hydrogens (tertiary/aromatic N) is 3. The molecule has 3 rings (SSSR count). The van der Waals surface area contributed by atoms with Crippen LogP contribution in [0.15, 0.2) is 30.5 Å². The molecule has 0 spiro atoms. The molecule has 2 aromatic heterocycles. The summed E-state index contributed by atoms with van der Waals surface area (Å²) in [7, 11) is 0. The highest BCUT2D eigenvalue weighted by Crippen LogP contribution is 2.24. The summed E-state index contributed by atoms with van der Waals surface area (Å²) < 4.78 is 28.2. The van der Waals surface area contributed by atoms with Gasteiger partial charge in [0, 0.05) is 12.3 Å². The Morgan fingerprint density at radius 2 is 1.80 bits per heavy atom. The number of aromatic nitrogens is 3. The Hall–Kier alpha value is -1.72. The fourth-order valence-corrected chi connectivity index (χ4v) is 2.35. The summed E-state index contributed by atoms with van der Waals surface area (Å²) in [6.45, 7) is 0. The van der Waals surface area contributed by atoms with Gasteiger partial charge in [-0.05, 0) is 18.2 Å². The highest BCUT2D eigenvalue weighted by atomic mass is 35.5. The maximum Gasteiger partial charge on any atom is 0.164 e. The van der Waals surface area contributed by atoms with Gasteiger partial charge in [0.05, 0.1) is 16.6 Å². The fourth-order valence-electron chi connectivity index (χ4n) is 2.02. The zero-order chi connectivity index (χ0) is 14.3. The highest BCUT2D eigenvalue weighted by molar-refractivity contribution is 6.31. The molecule has 3 nitrogen and oxygen atoms in total. The molecule has 0 N–H and O–H groups in total. The van der Waals surface area contributed by atoms with E-state index in [1.54, 1.807) is 6.07 Å². The van der Waals surface area contributed by atoms with E-state index in [1.165, 1.54) is 22.9 Å². The minimum absolute atomic E-state index is 0.0755. The van der Waals surface area contributed by atoms with E-state index in [9.17, 15) is 8.78 Å². The lowest BCUT2D eigenvalue weighted by Gasteiger charge is -2.07. The van der Waals surface area contributed by atoms with Crippen LogP contribution in [-0.2, 0) is 5.88 Å². The molecular weight excluding hydrogens is 307 g/mol. The third-order valence-electron chi connectivity index (χ3n) is 2.76. The largest absolute Gasteiger partial charge is 0.279 e. The normalized spacial score (nSPS) is 11.2. The molecule has 0 saturated carbocycles. The molecule has 0 amide bonds. The van der Waals surface area contributed by atoms with Crippen LogP contribution < -0.4 is 0 Å². The van der Waals surface area contributed by atoms with Gasteiger partial charge in [0.1, 0.15) is 23.0 Å². The molecule has 0 bridgehead atoms. The molecule has 3 aromatic rings. The third-order valence-corrected chi connectivity index (χ3v) is 3.20. The predicted octanol–water partition coefficient (Wildman–Crippen LogP) is 4.09. The monoisotopic (exact) mass is 313 g/mol. The summed E-state index contributed by atoms with van der Waals surface area (Å²) in [5.74, 6) is -0.861. The first-order valence-electron chi connectivity index (χ1n) is 5.64. The molecule has 7 heteroatoms. The van der Waals surface area contributed by atoms with Gasteiger partial charge < -0.3 is 0 Å². The van der Waals surface area contributed by atoms with E-state index in [4.69, 9.17) is 23.2 Å². The standard InChI is InChI=1S/C13H7Cl2F2N3/c14-5-12-19-11-1-7(15)6-18-13(11)20(12)10-3-8(16)2-9(17)4-10/h1-4,6H,5H2. The molecule has 0 fully saturated rings. The van der Waals surface area contributed by atoms with E-state index in [1.807, 2.05) is 0 Å². The minimum atomic E-state index is -0.684. The van der Waals surface area contributed by atoms with Crippen molar-refractivity contribution in [1.29, 1.82) is 0 Å². The average molecular weight is 314 g/mol. The number of benzene rings is 1. The zero-order valence-corrected chi connectivity index (χ0v) is 11.5. The van der Waals surface area contributed by atoms with Gasteiger partial charge in [-0.2, -0.15) is 0 Å². The summed E-state index contributed by atoms with van der Waals surface area (Å²) in [6, 6.07) is 4.80. The SMILES string of the molecule is Fc1cc(F)cc(-n2c(CCl)nc3cc(Cl)cnc32)c1. The Balaban J connectivity index is 2.33. The second-order valence-corrected chi connectivity index (χ2v) is 4.82. The summed E-state index contributed by atoms with van der Waals surface area (Å²) in [6.07, 6.45) is 1.44. The third kappa shape index (κ3) is 2.23. The molecule has 0 radical (unpaired) electrons. The van der Waals surface area contributed by atoms with Gasteiger partial charge in [-0.3, -0.25) is 4.57 Å². The number of fused-ring (bicyclic) bond motifs is 1. The van der Waals surface area contributed by atoms with E-state index in [0.29, 0.717) is 22.0 Å². The van der Waals surface area contributed by atoms with Crippen LogP contribution in [-0.4, -0.2) is 14.5 Å². The molecule has 20 heavy (non-hydrogen) atoms. The Morgan fingerprint density at radius 3 is 2.45 bits per heavy atom. The summed E-state index contributed by atoms with van der Waals surface area (Å²) in [5.41, 5.74) is 1.23. The van der Waals surface area contributed by atoms with Gasteiger partial charge in [0.2, 0.25) is 0 Å². The van der Waals surface area contributed by atoms with Gasteiger partial charge in [0.15, 0.2) is 5.65 Å². The van der Waals surface area contributed by atoms with Crippen LogP contribution in [0, 0.1) is 11.6 Å². The van der Waals surface area contributed by atoms with Crippen LogP contribution >= 0.6 is 23.2 Å². The zero-order valence-electron chi connectivity index (χ0n) is 9.95. The highest BCUT2D eigenvalue weighted by Gasteiger charge is 2.14. The predicted molar refractivity (Wildman–Crippen MR) is 73.3 cm³/mol. The van der Waals surface area contributed by atoms with Crippen molar-refractivity contribution in [3.63, 3.8) is 0 Å². The van der Waals surface area contributed by atoms with Gasteiger partial charge in [-0.25, -0.2) is 18.7 Å². The quantitative estimate of drug-likeness (QED) is 0.667. The molecular formula is C13H7Cl2F2N3. The first kappa shape index (κ1) is 13.3. The van der Waals surface area contributed by atoms with E-state index in [-0.39, 0.29) is 11.6 Å². The van der Waals surface area contributed by atoms with E-state index in [0.717, 1.165) is 6.07 Å². The number of rotatable bonds is 2. The van der Waals surface area contributed by atoms with Crippen molar-refractivity contribution in [1.82, 2.24) is 14.5 Å². The van der Waals surface area contributed by atoms with Crippen LogP contribution in [0.5, 0.6) is 0 Å². The lowest BCUT2D eigenvalue weighted by Crippen LogP contribution is -2.01. The van der Waals surface area contributed by atoms with Crippen molar-refractivity contribution in [3.8, 4) is 5.69 Å². The Labute approximate surface area is 122 Å².